The van der Waals surface area contributed by atoms with Gasteiger partial charge in [0.15, 0.2) is 6.10 Å². The van der Waals surface area contributed by atoms with E-state index in [1.807, 2.05) is 53.4 Å². The summed E-state index contributed by atoms with van der Waals surface area (Å²) < 4.78 is 8.57. The summed E-state index contributed by atoms with van der Waals surface area (Å²) in [6, 6.07) is 20.0. The van der Waals surface area contributed by atoms with E-state index >= 15 is 0 Å². The summed E-state index contributed by atoms with van der Waals surface area (Å²) in [6.45, 7) is 0. The number of nitrogens with one attached hydrogen (secondary N) is 1. The standard InChI is InChI=1S/C23H17ClN4OS2/c1-30-23-26-22-25-19-14-8-3-5-10-16(14)29-21(13-7-2-4-9-15(13)24)18(19)20(28(22)27-23)17-11-6-12-31-17/h2-12,20-21H,1H3,(H,25,26,27)/t20-,21-/m1/s1. The Morgan fingerprint density at radius 1 is 1.10 bits per heavy atom. The highest BCUT2D eigenvalue weighted by molar-refractivity contribution is 7.98. The molecular formula is C23H17ClN4OS2. The van der Waals surface area contributed by atoms with Crippen molar-refractivity contribution in [1.29, 1.82) is 0 Å². The zero-order valence-electron chi connectivity index (χ0n) is 16.4. The molecule has 1 N–H and O–H groups in total. The van der Waals surface area contributed by atoms with Gasteiger partial charge in [-0.1, -0.05) is 59.8 Å². The van der Waals surface area contributed by atoms with Crippen molar-refractivity contribution < 1.29 is 4.74 Å². The number of ether oxygens (including phenoxy) is 1. The number of halogens is 1. The molecule has 0 fully saturated rings. The minimum absolute atomic E-state index is 0.144. The molecule has 2 aliphatic heterocycles. The first-order valence-corrected chi connectivity index (χ1v) is 12.3. The van der Waals surface area contributed by atoms with Gasteiger partial charge in [-0.2, -0.15) is 4.98 Å². The fourth-order valence-electron chi connectivity index (χ4n) is 4.21. The van der Waals surface area contributed by atoms with Crippen LogP contribution < -0.4 is 10.1 Å². The number of rotatable bonds is 3. The topological polar surface area (TPSA) is 52.0 Å². The summed E-state index contributed by atoms with van der Waals surface area (Å²) in [5.41, 5.74) is 4.04. The molecule has 0 unspecified atom stereocenters. The van der Waals surface area contributed by atoms with Crippen LogP contribution in [0.1, 0.15) is 28.1 Å². The molecule has 0 saturated carbocycles. The molecule has 0 radical (unpaired) electrons. The molecule has 31 heavy (non-hydrogen) atoms. The van der Waals surface area contributed by atoms with Gasteiger partial charge in [0.05, 0.1) is 5.70 Å². The number of hydrogen-bond donors (Lipinski definition) is 1. The molecule has 2 aromatic carbocycles. The number of aromatic nitrogens is 3. The average Bonchev–Trinajstić information content (AvgIpc) is 3.47. The number of benzene rings is 2. The molecule has 0 spiro atoms. The van der Waals surface area contributed by atoms with E-state index in [4.69, 9.17) is 26.4 Å². The molecule has 2 atom stereocenters. The second kappa shape index (κ2) is 7.44. The van der Waals surface area contributed by atoms with Crippen molar-refractivity contribution in [3.8, 4) is 5.75 Å². The molecule has 8 heteroatoms. The first kappa shape index (κ1) is 19.0. The molecule has 0 amide bonds. The molecule has 2 aromatic heterocycles. The van der Waals surface area contributed by atoms with Gasteiger partial charge in [0.25, 0.3) is 0 Å². The number of thiophene rings is 1. The van der Waals surface area contributed by atoms with Crippen molar-refractivity contribution in [2.24, 2.45) is 0 Å². The predicted molar refractivity (Wildman–Crippen MR) is 126 cm³/mol. The number of hydrogen-bond acceptors (Lipinski definition) is 6. The zero-order valence-corrected chi connectivity index (χ0v) is 18.8. The van der Waals surface area contributed by atoms with E-state index in [1.54, 1.807) is 11.3 Å². The molecule has 0 saturated heterocycles. The fraction of sp³-hybridized carbons (Fsp3) is 0.130. The van der Waals surface area contributed by atoms with E-state index in [-0.39, 0.29) is 12.1 Å². The smallest absolute Gasteiger partial charge is 0.227 e. The lowest BCUT2D eigenvalue weighted by Crippen LogP contribution is -2.32. The van der Waals surface area contributed by atoms with Crippen LogP contribution in [0.2, 0.25) is 5.02 Å². The maximum atomic E-state index is 6.66. The van der Waals surface area contributed by atoms with Crippen LogP contribution in [0.5, 0.6) is 5.75 Å². The first-order valence-electron chi connectivity index (χ1n) is 9.80. The first-order chi connectivity index (χ1) is 15.2. The van der Waals surface area contributed by atoms with Gasteiger partial charge in [-0.3, -0.25) is 0 Å². The van der Waals surface area contributed by atoms with Gasteiger partial charge in [0.1, 0.15) is 11.8 Å². The molecule has 5 nitrogen and oxygen atoms in total. The highest BCUT2D eigenvalue weighted by Gasteiger charge is 2.42. The van der Waals surface area contributed by atoms with E-state index in [0.717, 1.165) is 39.3 Å². The molecule has 4 heterocycles. The van der Waals surface area contributed by atoms with Crippen molar-refractivity contribution in [3.05, 3.63) is 92.6 Å². The Hall–Kier alpha value is -2.74. The van der Waals surface area contributed by atoms with Crippen molar-refractivity contribution in [1.82, 2.24) is 14.8 Å². The molecule has 0 aliphatic carbocycles. The van der Waals surface area contributed by atoms with Crippen LogP contribution in [0.25, 0.3) is 5.70 Å². The number of fused-ring (bicyclic) bond motifs is 3. The van der Waals surface area contributed by atoms with Crippen LogP contribution >= 0.6 is 34.7 Å². The molecule has 154 valence electrons. The molecule has 6 rings (SSSR count). The van der Waals surface area contributed by atoms with E-state index < -0.39 is 0 Å². The molecular weight excluding hydrogens is 448 g/mol. The number of para-hydroxylation sites is 1. The Kier molecular flexibility index (Phi) is 4.56. The third-order valence-electron chi connectivity index (χ3n) is 5.54. The fourth-order valence-corrected chi connectivity index (χ4v) is 5.62. The van der Waals surface area contributed by atoms with Gasteiger partial charge in [-0.25, -0.2) is 4.68 Å². The summed E-state index contributed by atoms with van der Waals surface area (Å²) in [4.78, 5) is 5.89. The van der Waals surface area contributed by atoms with Crippen molar-refractivity contribution in [2.45, 2.75) is 17.3 Å². The Morgan fingerprint density at radius 3 is 2.74 bits per heavy atom. The summed E-state index contributed by atoms with van der Waals surface area (Å²) in [7, 11) is 0. The Bertz CT molecular complexity index is 1310. The Labute approximate surface area is 192 Å². The maximum Gasteiger partial charge on any atom is 0.227 e. The maximum absolute atomic E-state index is 6.66. The SMILES string of the molecule is CSc1nc2n(n1)[C@H](c1cccs1)C1=C(N2)c2ccccc2O[C@@H]1c1ccccc1Cl. The van der Waals surface area contributed by atoms with Gasteiger partial charge in [-0.15, -0.1) is 16.4 Å². The average molecular weight is 465 g/mol. The lowest BCUT2D eigenvalue weighted by atomic mass is 9.87. The lowest BCUT2D eigenvalue weighted by molar-refractivity contribution is 0.223. The number of nitrogens with zero attached hydrogens (tertiary/aromatic N) is 3. The minimum Gasteiger partial charge on any atom is -0.480 e. The highest BCUT2D eigenvalue weighted by Crippen LogP contribution is 2.52. The Morgan fingerprint density at radius 2 is 1.94 bits per heavy atom. The second-order valence-electron chi connectivity index (χ2n) is 7.26. The predicted octanol–water partition coefficient (Wildman–Crippen LogP) is 6.27. The van der Waals surface area contributed by atoms with E-state index in [2.05, 4.69) is 28.9 Å². The third-order valence-corrected chi connectivity index (χ3v) is 7.35. The summed E-state index contributed by atoms with van der Waals surface area (Å²) in [6.07, 6.45) is 1.63. The van der Waals surface area contributed by atoms with Crippen LogP contribution in [-0.2, 0) is 0 Å². The van der Waals surface area contributed by atoms with E-state index in [1.165, 1.54) is 16.6 Å². The number of thioether (sulfide) groups is 1. The van der Waals surface area contributed by atoms with Gasteiger partial charge in [-0.05, 0) is 35.9 Å². The molecule has 4 aromatic rings. The molecule has 0 bridgehead atoms. The minimum atomic E-state index is -0.353. The zero-order chi connectivity index (χ0) is 20.9. The van der Waals surface area contributed by atoms with Crippen LogP contribution in [-0.4, -0.2) is 21.0 Å². The summed E-state index contributed by atoms with van der Waals surface area (Å²) in [5, 5.41) is 11.8. The summed E-state index contributed by atoms with van der Waals surface area (Å²) in [5.74, 6) is 1.55. The van der Waals surface area contributed by atoms with Crippen molar-refractivity contribution in [2.75, 3.05) is 11.6 Å². The van der Waals surface area contributed by atoms with Gasteiger partial charge in [0.2, 0.25) is 11.1 Å². The van der Waals surface area contributed by atoms with Crippen LogP contribution in [0.15, 0.2) is 76.8 Å². The normalized spacial score (nSPS) is 19.2. The highest BCUT2D eigenvalue weighted by atomic mass is 35.5. The van der Waals surface area contributed by atoms with Crippen LogP contribution in [0.3, 0.4) is 0 Å². The largest absolute Gasteiger partial charge is 0.480 e. The van der Waals surface area contributed by atoms with E-state index in [0.29, 0.717) is 5.02 Å². The van der Waals surface area contributed by atoms with Crippen LogP contribution in [0.4, 0.5) is 5.95 Å². The quantitative estimate of drug-likeness (QED) is 0.362. The third kappa shape index (κ3) is 2.99. The van der Waals surface area contributed by atoms with Gasteiger partial charge in [0, 0.05) is 26.6 Å². The second-order valence-corrected chi connectivity index (χ2v) is 9.42. The Balaban J connectivity index is 1.65. The van der Waals surface area contributed by atoms with Gasteiger partial charge < -0.3 is 10.1 Å². The lowest BCUT2D eigenvalue weighted by Gasteiger charge is -2.38. The van der Waals surface area contributed by atoms with Crippen molar-refractivity contribution >= 4 is 46.3 Å². The summed E-state index contributed by atoms with van der Waals surface area (Å²) >= 11 is 9.89. The monoisotopic (exact) mass is 464 g/mol. The molecule has 2 aliphatic rings. The van der Waals surface area contributed by atoms with E-state index in [9.17, 15) is 0 Å². The van der Waals surface area contributed by atoms with Crippen LogP contribution in [0, 0.1) is 0 Å². The van der Waals surface area contributed by atoms with Gasteiger partial charge >= 0.3 is 0 Å². The number of anilines is 1. The van der Waals surface area contributed by atoms with Crippen molar-refractivity contribution in [3.63, 3.8) is 0 Å².